The number of carbonyl (C=O) groups is 2. The molecular formula is C28H43NO3. The number of esters is 1. The number of nitrogens with one attached hydrogen (secondary N) is 1. The summed E-state index contributed by atoms with van der Waals surface area (Å²) in [5.74, 6) is 2.44. The van der Waals surface area contributed by atoms with Crippen molar-refractivity contribution in [3.8, 4) is 0 Å². The zero-order chi connectivity index (χ0) is 22.8. The molecule has 6 atom stereocenters. The number of fused-ring (bicyclic) bond motifs is 5. The van der Waals surface area contributed by atoms with Crippen molar-refractivity contribution in [1.29, 1.82) is 0 Å². The molecule has 1 N–H and O–H groups in total. The predicted molar refractivity (Wildman–Crippen MR) is 128 cm³/mol. The fourth-order valence-corrected chi connectivity index (χ4v) is 7.82. The van der Waals surface area contributed by atoms with Crippen molar-refractivity contribution in [2.75, 3.05) is 6.54 Å². The monoisotopic (exact) mass is 441 g/mol. The smallest absolute Gasteiger partial charge is 0.306 e. The maximum atomic E-state index is 12.4. The molecule has 4 heteroatoms. The Labute approximate surface area is 194 Å². The lowest BCUT2D eigenvalue weighted by atomic mass is 9.48. The van der Waals surface area contributed by atoms with E-state index in [0.717, 1.165) is 49.9 Å². The molecule has 0 spiro atoms. The lowest BCUT2D eigenvalue weighted by Gasteiger charge is -2.57. The number of hydrogen-bond donors (Lipinski definition) is 1. The normalized spacial score (nSPS) is 38.0. The zero-order valence-electron chi connectivity index (χ0n) is 20.3. The zero-order valence-corrected chi connectivity index (χ0v) is 20.3. The molecule has 0 aromatic heterocycles. The van der Waals surface area contributed by atoms with Gasteiger partial charge in [0.15, 0.2) is 0 Å². The molecule has 4 nitrogen and oxygen atoms in total. The largest absolute Gasteiger partial charge is 0.462 e. The number of unbranched alkanes of at least 4 members (excludes halogenated alkanes) is 2. The van der Waals surface area contributed by atoms with E-state index in [2.05, 4.69) is 31.8 Å². The van der Waals surface area contributed by atoms with Crippen LogP contribution < -0.4 is 5.32 Å². The second-order valence-corrected chi connectivity index (χ2v) is 11.5. The van der Waals surface area contributed by atoms with E-state index in [4.69, 9.17) is 4.74 Å². The van der Waals surface area contributed by atoms with Gasteiger partial charge in [0.2, 0.25) is 5.91 Å². The van der Waals surface area contributed by atoms with Gasteiger partial charge in [-0.2, -0.15) is 0 Å². The lowest BCUT2D eigenvalue weighted by molar-refractivity contribution is -0.151. The quantitative estimate of drug-likeness (QED) is 0.214. The van der Waals surface area contributed by atoms with Gasteiger partial charge in [-0.15, -0.1) is 0 Å². The summed E-state index contributed by atoms with van der Waals surface area (Å²) < 4.78 is 5.91. The van der Waals surface area contributed by atoms with Crippen LogP contribution in [0.4, 0.5) is 0 Å². The first-order valence-corrected chi connectivity index (χ1v) is 13.1. The molecule has 0 bridgehead atoms. The van der Waals surface area contributed by atoms with Crippen molar-refractivity contribution in [2.45, 2.75) is 103 Å². The Bertz CT molecular complexity index is 758. The van der Waals surface area contributed by atoms with Crippen LogP contribution in [0.25, 0.3) is 0 Å². The Morgan fingerprint density at radius 3 is 2.78 bits per heavy atom. The van der Waals surface area contributed by atoms with E-state index in [0.29, 0.717) is 23.8 Å². The molecule has 4 aliphatic rings. The van der Waals surface area contributed by atoms with Gasteiger partial charge in [-0.3, -0.25) is 9.59 Å². The molecule has 0 aliphatic heterocycles. The molecular weight excluding hydrogens is 398 g/mol. The molecule has 0 aromatic carbocycles. The third-order valence-corrected chi connectivity index (χ3v) is 9.68. The summed E-state index contributed by atoms with van der Waals surface area (Å²) in [6, 6.07) is 0. The Balaban J connectivity index is 1.24. The molecule has 4 aliphatic carbocycles. The Hall–Kier alpha value is -1.58. The Morgan fingerprint density at radius 2 is 1.97 bits per heavy atom. The van der Waals surface area contributed by atoms with E-state index in [9.17, 15) is 9.59 Å². The minimum atomic E-state index is -0.137. The number of hydrogen-bond acceptors (Lipinski definition) is 3. The lowest BCUT2D eigenvalue weighted by Crippen LogP contribution is -2.49. The number of amides is 1. The minimum Gasteiger partial charge on any atom is -0.462 e. The van der Waals surface area contributed by atoms with Crippen molar-refractivity contribution in [1.82, 2.24) is 5.32 Å². The highest BCUT2D eigenvalue weighted by Crippen LogP contribution is 2.64. The van der Waals surface area contributed by atoms with Gasteiger partial charge in [0.25, 0.3) is 0 Å². The number of carbonyl (C=O) groups excluding carboxylic acids is 2. The van der Waals surface area contributed by atoms with Gasteiger partial charge in [-0.25, -0.2) is 0 Å². The molecule has 32 heavy (non-hydrogen) atoms. The van der Waals surface area contributed by atoms with E-state index in [-0.39, 0.29) is 18.0 Å². The van der Waals surface area contributed by atoms with Crippen molar-refractivity contribution < 1.29 is 14.3 Å². The Kier molecular flexibility index (Phi) is 7.17. The van der Waals surface area contributed by atoms with Gasteiger partial charge < -0.3 is 10.1 Å². The van der Waals surface area contributed by atoms with Crippen molar-refractivity contribution in [3.63, 3.8) is 0 Å². The summed E-state index contributed by atoms with van der Waals surface area (Å²) in [6.45, 7) is 9.17. The SMILES string of the molecule is C=CC(=O)NCCCCCC(=O)OC1CC[C@]2(C)C(=CCC3C4CCC[C@]4(C)CCC32)C1. The molecule has 0 heterocycles. The maximum absolute atomic E-state index is 12.4. The summed E-state index contributed by atoms with van der Waals surface area (Å²) in [5.41, 5.74) is 2.51. The molecule has 0 radical (unpaired) electrons. The molecule has 3 fully saturated rings. The standard InChI is InChI=1S/C28H43NO3/c1-4-25(30)29-18-7-5-6-10-26(31)32-21-13-17-28(3)20(19-21)11-12-22-23-9-8-15-27(23,2)16-14-24(22)28/h4,11,21-24H,1,5-10,12-19H2,2-3H3,(H,29,30)/t21?,22?,23?,24?,27-,28-/m1/s1. The molecule has 178 valence electrons. The van der Waals surface area contributed by atoms with Gasteiger partial charge in [0, 0.05) is 19.4 Å². The molecule has 4 unspecified atom stereocenters. The highest BCUT2D eigenvalue weighted by Gasteiger charge is 2.55. The van der Waals surface area contributed by atoms with Gasteiger partial charge in [-0.05, 0) is 92.4 Å². The minimum absolute atomic E-state index is 0.0533. The highest BCUT2D eigenvalue weighted by atomic mass is 16.5. The van der Waals surface area contributed by atoms with E-state index < -0.39 is 0 Å². The van der Waals surface area contributed by atoms with E-state index in [1.807, 2.05) is 0 Å². The molecule has 3 saturated carbocycles. The predicted octanol–water partition coefficient (Wildman–Crippen LogP) is 6.11. The maximum Gasteiger partial charge on any atom is 0.306 e. The summed E-state index contributed by atoms with van der Waals surface area (Å²) in [5, 5.41) is 2.77. The number of allylic oxidation sites excluding steroid dienone is 1. The summed E-state index contributed by atoms with van der Waals surface area (Å²) >= 11 is 0. The van der Waals surface area contributed by atoms with E-state index in [1.165, 1.54) is 51.0 Å². The van der Waals surface area contributed by atoms with Crippen LogP contribution in [0.1, 0.15) is 97.3 Å². The molecule has 0 aromatic rings. The second kappa shape index (κ2) is 9.73. The first kappa shape index (κ1) is 23.6. The van der Waals surface area contributed by atoms with Crippen LogP contribution in [0.2, 0.25) is 0 Å². The van der Waals surface area contributed by atoms with E-state index >= 15 is 0 Å². The van der Waals surface area contributed by atoms with Crippen molar-refractivity contribution in [3.05, 3.63) is 24.3 Å². The van der Waals surface area contributed by atoms with Crippen LogP contribution in [0.3, 0.4) is 0 Å². The van der Waals surface area contributed by atoms with E-state index in [1.54, 1.807) is 5.57 Å². The van der Waals surface area contributed by atoms with Crippen molar-refractivity contribution >= 4 is 11.9 Å². The van der Waals surface area contributed by atoms with Crippen LogP contribution in [0.5, 0.6) is 0 Å². The van der Waals surface area contributed by atoms with Crippen LogP contribution in [-0.4, -0.2) is 24.5 Å². The molecule has 1 amide bonds. The fourth-order valence-electron chi connectivity index (χ4n) is 7.82. The third-order valence-electron chi connectivity index (χ3n) is 9.68. The molecule has 0 saturated heterocycles. The first-order valence-electron chi connectivity index (χ1n) is 13.1. The van der Waals surface area contributed by atoms with Crippen LogP contribution >= 0.6 is 0 Å². The third kappa shape index (κ3) is 4.70. The second-order valence-electron chi connectivity index (χ2n) is 11.5. The van der Waals surface area contributed by atoms with Gasteiger partial charge >= 0.3 is 5.97 Å². The van der Waals surface area contributed by atoms with Crippen molar-refractivity contribution in [2.24, 2.45) is 28.6 Å². The number of ether oxygens (including phenoxy) is 1. The summed E-state index contributed by atoms with van der Waals surface area (Å²) in [7, 11) is 0. The highest BCUT2D eigenvalue weighted by molar-refractivity contribution is 5.86. The average molecular weight is 442 g/mol. The fraction of sp³-hybridized carbons (Fsp3) is 0.786. The van der Waals surface area contributed by atoms with Gasteiger partial charge in [0.05, 0.1) is 0 Å². The first-order chi connectivity index (χ1) is 15.4. The van der Waals surface area contributed by atoms with Crippen LogP contribution in [0, 0.1) is 28.6 Å². The molecule has 4 rings (SSSR count). The summed E-state index contributed by atoms with van der Waals surface area (Å²) in [4.78, 5) is 23.5. The summed E-state index contributed by atoms with van der Waals surface area (Å²) in [6.07, 6.45) is 18.5. The number of rotatable bonds is 8. The van der Waals surface area contributed by atoms with Crippen LogP contribution in [-0.2, 0) is 14.3 Å². The average Bonchev–Trinajstić information content (AvgIpc) is 3.18. The van der Waals surface area contributed by atoms with Gasteiger partial charge in [0.1, 0.15) is 6.10 Å². The topological polar surface area (TPSA) is 55.4 Å². The Morgan fingerprint density at radius 1 is 1.12 bits per heavy atom. The van der Waals surface area contributed by atoms with Crippen LogP contribution in [0.15, 0.2) is 24.3 Å². The van der Waals surface area contributed by atoms with Gasteiger partial charge in [-0.1, -0.05) is 44.9 Å².